The van der Waals surface area contributed by atoms with Gasteiger partial charge in [0, 0.05) is 13.1 Å². The fourth-order valence-corrected chi connectivity index (χ4v) is 4.10. The molecule has 0 aliphatic carbocycles. The van der Waals surface area contributed by atoms with Gasteiger partial charge in [-0.2, -0.15) is 0 Å². The molecule has 2 heterocycles. The lowest BCUT2D eigenvalue weighted by molar-refractivity contribution is 0.0672. The van der Waals surface area contributed by atoms with Gasteiger partial charge in [0.1, 0.15) is 10.7 Å². The van der Waals surface area contributed by atoms with Crippen molar-refractivity contribution in [1.82, 2.24) is 14.5 Å². The van der Waals surface area contributed by atoms with Crippen molar-refractivity contribution < 1.29 is 9.18 Å². The van der Waals surface area contributed by atoms with Crippen LogP contribution in [0.1, 0.15) is 53.5 Å². The number of halogens is 1. The molecular formula is C19H24FN3OS. The van der Waals surface area contributed by atoms with Crippen LogP contribution in [0.2, 0.25) is 0 Å². The number of nitrogens with zero attached hydrogens (tertiary/aromatic N) is 3. The second-order valence-electron chi connectivity index (χ2n) is 6.72. The topological polar surface area (TPSA) is 46.1 Å². The van der Waals surface area contributed by atoms with E-state index >= 15 is 0 Å². The largest absolute Gasteiger partial charge is 0.338 e. The zero-order valence-corrected chi connectivity index (χ0v) is 15.4. The molecule has 1 saturated heterocycles. The molecule has 25 heavy (non-hydrogen) atoms. The summed E-state index contributed by atoms with van der Waals surface area (Å²) in [5, 5.41) is 4.11. The molecule has 1 aliphatic heterocycles. The van der Waals surface area contributed by atoms with Crippen LogP contribution in [0.4, 0.5) is 4.39 Å². The van der Waals surface area contributed by atoms with Gasteiger partial charge in [0.05, 0.1) is 5.69 Å². The molecule has 0 N–H and O–H groups in total. The number of aromatic nitrogens is 2. The molecule has 6 heteroatoms. The highest BCUT2D eigenvalue weighted by Gasteiger charge is 2.27. The summed E-state index contributed by atoms with van der Waals surface area (Å²) in [6.07, 6.45) is 5.91. The highest BCUT2D eigenvalue weighted by Crippen LogP contribution is 2.24. The minimum absolute atomic E-state index is 0.0879. The monoisotopic (exact) mass is 361 g/mol. The molecule has 1 aromatic heterocycles. The summed E-state index contributed by atoms with van der Waals surface area (Å²) in [6.45, 7) is 3.69. The molecule has 1 fully saturated rings. The third-order valence-electron chi connectivity index (χ3n) is 4.80. The summed E-state index contributed by atoms with van der Waals surface area (Å²) < 4.78 is 17.0. The molecule has 4 nitrogen and oxygen atoms in total. The molecule has 1 aliphatic rings. The Bertz CT molecular complexity index is 701. The first-order valence-electron chi connectivity index (χ1n) is 9.02. The van der Waals surface area contributed by atoms with Crippen LogP contribution < -0.4 is 0 Å². The van der Waals surface area contributed by atoms with Gasteiger partial charge in [0.25, 0.3) is 5.91 Å². The highest BCUT2D eigenvalue weighted by atomic mass is 32.1. The van der Waals surface area contributed by atoms with Crippen molar-refractivity contribution in [2.75, 3.05) is 13.1 Å². The first-order valence-corrected chi connectivity index (χ1v) is 9.79. The summed E-state index contributed by atoms with van der Waals surface area (Å²) in [6, 6.07) is 6.72. The minimum Gasteiger partial charge on any atom is -0.338 e. The van der Waals surface area contributed by atoms with E-state index in [4.69, 9.17) is 0 Å². The number of hydrogen-bond donors (Lipinski definition) is 0. The quantitative estimate of drug-likeness (QED) is 0.778. The summed E-state index contributed by atoms with van der Waals surface area (Å²) >= 11 is 1.22. The predicted octanol–water partition coefficient (Wildman–Crippen LogP) is 4.11. The Balaban J connectivity index is 1.57. The molecule has 0 saturated carbocycles. The average Bonchev–Trinajstić information content (AvgIpc) is 3.09. The number of likely N-dealkylation sites (tertiary alicyclic amines) is 1. The third kappa shape index (κ3) is 4.63. The Kier molecular flexibility index (Phi) is 6.13. The van der Waals surface area contributed by atoms with E-state index in [9.17, 15) is 9.18 Å². The number of piperidine rings is 1. The van der Waals surface area contributed by atoms with E-state index in [1.165, 1.54) is 23.7 Å². The molecule has 0 radical (unpaired) electrons. The van der Waals surface area contributed by atoms with Crippen LogP contribution in [-0.4, -0.2) is 33.5 Å². The first-order chi connectivity index (χ1) is 12.2. The average molecular weight is 361 g/mol. The second kappa shape index (κ2) is 8.52. The maximum absolute atomic E-state index is 13.0. The molecule has 0 unspecified atom stereocenters. The van der Waals surface area contributed by atoms with Crippen LogP contribution in [-0.2, 0) is 12.8 Å². The summed E-state index contributed by atoms with van der Waals surface area (Å²) in [5.74, 6) is 0.391. The molecular weight excluding hydrogens is 337 g/mol. The molecule has 0 spiro atoms. The van der Waals surface area contributed by atoms with Gasteiger partial charge >= 0.3 is 0 Å². The van der Waals surface area contributed by atoms with Crippen LogP contribution in [0.5, 0.6) is 0 Å². The first kappa shape index (κ1) is 18.0. The molecule has 1 amide bonds. The van der Waals surface area contributed by atoms with E-state index in [-0.39, 0.29) is 11.7 Å². The number of benzene rings is 1. The number of carbonyl (C=O) groups excluding carboxylic acids is 1. The maximum atomic E-state index is 13.0. The molecule has 134 valence electrons. The van der Waals surface area contributed by atoms with E-state index < -0.39 is 0 Å². The molecule has 0 bridgehead atoms. The summed E-state index contributed by atoms with van der Waals surface area (Å²) in [5.41, 5.74) is 1.99. The number of hydrogen-bond acceptors (Lipinski definition) is 4. The van der Waals surface area contributed by atoms with Crippen molar-refractivity contribution in [3.05, 3.63) is 46.2 Å². The van der Waals surface area contributed by atoms with Gasteiger partial charge in [-0.15, -0.1) is 5.10 Å². The van der Waals surface area contributed by atoms with Gasteiger partial charge < -0.3 is 4.90 Å². The van der Waals surface area contributed by atoms with Crippen LogP contribution in [0.3, 0.4) is 0 Å². The van der Waals surface area contributed by atoms with Gasteiger partial charge in [-0.3, -0.25) is 4.79 Å². The van der Waals surface area contributed by atoms with E-state index in [2.05, 4.69) is 16.5 Å². The normalized spacial score (nSPS) is 17.7. The maximum Gasteiger partial charge on any atom is 0.267 e. The van der Waals surface area contributed by atoms with Crippen molar-refractivity contribution in [3.63, 3.8) is 0 Å². The van der Waals surface area contributed by atoms with Gasteiger partial charge in [-0.05, 0) is 67.3 Å². The SMILES string of the molecule is CCCc1nnsc1C(=O)N1CCC[C@H](CCc2ccc(F)cc2)C1. The summed E-state index contributed by atoms with van der Waals surface area (Å²) in [7, 11) is 0. The molecule has 3 rings (SSSR count). The number of rotatable bonds is 6. The zero-order valence-electron chi connectivity index (χ0n) is 14.6. The van der Waals surface area contributed by atoms with Crippen LogP contribution in [0, 0.1) is 11.7 Å². The van der Waals surface area contributed by atoms with Gasteiger partial charge in [0.15, 0.2) is 0 Å². The Hall–Kier alpha value is -1.82. The summed E-state index contributed by atoms with van der Waals surface area (Å²) in [4.78, 5) is 15.5. The Labute approximate surface area is 152 Å². The van der Waals surface area contributed by atoms with Crippen molar-refractivity contribution in [3.8, 4) is 0 Å². The fraction of sp³-hybridized carbons (Fsp3) is 0.526. The second-order valence-corrected chi connectivity index (χ2v) is 7.48. The van der Waals surface area contributed by atoms with Crippen molar-refractivity contribution in [2.45, 2.75) is 45.4 Å². The molecule has 1 atom stereocenters. The smallest absolute Gasteiger partial charge is 0.267 e. The lowest BCUT2D eigenvalue weighted by atomic mass is 9.91. The highest BCUT2D eigenvalue weighted by molar-refractivity contribution is 7.08. The standard InChI is InChI=1S/C19H24FN3OS/c1-2-4-17-18(25-22-21-17)19(24)23-12-3-5-15(13-23)7-6-14-8-10-16(20)11-9-14/h8-11,15H,2-7,12-13H2,1H3/t15-/m1/s1. The van der Waals surface area contributed by atoms with Gasteiger partial charge in [-0.25, -0.2) is 4.39 Å². The Morgan fingerprint density at radius 2 is 2.12 bits per heavy atom. The van der Waals surface area contributed by atoms with E-state index in [0.29, 0.717) is 10.8 Å². The Morgan fingerprint density at radius 1 is 1.32 bits per heavy atom. The van der Waals surface area contributed by atoms with Crippen LogP contribution >= 0.6 is 11.5 Å². The van der Waals surface area contributed by atoms with Crippen molar-refractivity contribution in [2.24, 2.45) is 5.92 Å². The van der Waals surface area contributed by atoms with E-state index in [1.807, 2.05) is 17.0 Å². The Morgan fingerprint density at radius 3 is 2.88 bits per heavy atom. The minimum atomic E-state index is -0.195. The lowest BCUT2D eigenvalue weighted by Crippen LogP contribution is -2.40. The van der Waals surface area contributed by atoms with Crippen LogP contribution in [0.15, 0.2) is 24.3 Å². The number of aryl methyl sites for hydroxylation is 2. The lowest BCUT2D eigenvalue weighted by Gasteiger charge is -2.32. The predicted molar refractivity (Wildman–Crippen MR) is 97.3 cm³/mol. The van der Waals surface area contributed by atoms with Gasteiger partial charge in [0.2, 0.25) is 0 Å². The van der Waals surface area contributed by atoms with Gasteiger partial charge in [-0.1, -0.05) is 30.0 Å². The van der Waals surface area contributed by atoms with Crippen molar-refractivity contribution in [1.29, 1.82) is 0 Å². The van der Waals surface area contributed by atoms with E-state index in [0.717, 1.165) is 62.9 Å². The zero-order chi connectivity index (χ0) is 17.6. The third-order valence-corrected chi connectivity index (χ3v) is 5.55. The number of amides is 1. The fourth-order valence-electron chi connectivity index (χ4n) is 3.42. The van der Waals surface area contributed by atoms with Crippen LogP contribution in [0.25, 0.3) is 0 Å². The molecule has 1 aromatic carbocycles. The van der Waals surface area contributed by atoms with Crippen molar-refractivity contribution >= 4 is 17.4 Å². The number of carbonyl (C=O) groups is 1. The molecule has 2 aromatic rings. The van der Waals surface area contributed by atoms with E-state index in [1.54, 1.807) is 0 Å².